The van der Waals surface area contributed by atoms with Crippen molar-refractivity contribution in [2.75, 3.05) is 0 Å². The average molecular weight is 187 g/mol. The number of nitrogens with two attached hydrogens (primary N) is 1. The Bertz CT molecular complexity index is 290. The second-order valence-electron chi connectivity index (χ2n) is 1.87. The lowest BCUT2D eigenvalue weighted by Crippen LogP contribution is -2.12. The number of nitrogens with zero attached hydrogens (tertiary/aromatic N) is 2. The van der Waals surface area contributed by atoms with Gasteiger partial charge in [-0.1, -0.05) is 0 Å². The fourth-order valence-electron chi connectivity index (χ4n) is 0.534. The zero-order valence-electron chi connectivity index (χ0n) is 5.80. The first kappa shape index (κ1) is 8.75. The molecule has 0 aromatic carbocycles. The van der Waals surface area contributed by atoms with Gasteiger partial charge in [0.2, 0.25) is 16.2 Å². The third kappa shape index (κ3) is 1.83. The Hall–Kier alpha value is -1.34. The van der Waals surface area contributed by atoms with E-state index in [2.05, 4.69) is 9.97 Å². The van der Waals surface area contributed by atoms with Gasteiger partial charge in [-0.2, -0.15) is 0 Å². The molecule has 1 atom stereocenters. The van der Waals surface area contributed by atoms with Crippen molar-refractivity contribution in [3.8, 4) is 0 Å². The zero-order chi connectivity index (χ0) is 9.14. The summed E-state index contributed by atoms with van der Waals surface area (Å²) in [7, 11) is 0. The highest BCUT2D eigenvalue weighted by Gasteiger charge is 2.05. The monoisotopic (exact) mass is 187 g/mol. The number of hydrogen-bond acceptors (Lipinski definition) is 4. The summed E-state index contributed by atoms with van der Waals surface area (Å²) in [6.07, 6.45) is 2.19. The van der Waals surface area contributed by atoms with E-state index in [1.54, 1.807) is 0 Å². The molecule has 0 saturated heterocycles. The molecule has 1 aromatic rings. The van der Waals surface area contributed by atoms with Gasteiger partial charge in [0.1, 0.15) is 0 Å². The summed E-state index contributed by atoms with van der Waals surface area (Å²) < 4.78 is 18.8. The molecule has 64 valence electrons. The van der Waals surface area contributed by atoms with Crippen molar-refractivity contribution < 1.29 is 13.6 Å². The molecule has 1 amide bonds. The van der Waals surface area contributed by atoms with Crippen LogP contribution in [-0.2, 0) is 11.1 Å². The summed E-state index contributed by atoms with van der Waals surface area (Å²) in [5.74, 6) is -0.676. The van der Waals surface area contributed by atoms with Gasteiger partial charge in [0.05, 0.1) is 5.56 Å². The van der Waals surface area contributed by atoms with Crippen LogP contribution in [0, 0.1) is 0 Å². The van der Waals surface area contributed by atoms with Gasteiger partial charge in [0.15, 0.2) is 0 Å². The minimum absolute atomic E-state index is 0.101. The molecule has 6 nitrogen and oxygen atoms in total. The van der Waals surface area contributed by atoms with E-state index in [9.17, 15) is 9.00 Å². The quantitative estimate of drug-likeness (QED) is 0.463. The van der Waals surface area contributed by atoms with Gasteiger partial charge in [-0.3, -0.25) is 9.35 Å². The second-order valence-corrected chi connectivity index (χ2v) is 2.73. The molecular formula is C5H5N3O3S. The Morgan fingerprint density at radius 3 is 2.33 bits per heavy atom. The molecule has 3 N–H and O–H groups in total. The highest BCUT2D eigenvalue weighted by atomic mass is 32.2. The molecule has 0 spiro atoms. The number of aromatic nitrogens is 2. The molecule has 0 aliphatic carbocycles. The fourth-order valence-corrected chi connectivity index (χ4v) is 0.819. The van der Waals surface area contributed by atoms with Gasteiger partial charge in [-0.25, -0.2) is 14.2 Å². The van der Waals surface area contributed by atoms with E-state index in [0.29, 0.717) is 0 Å². The SMILES string of the molecule is NC(=O)c1cnc(S(=O)O)nc1. The smallest absolute Gasteiger partial charge is 0.251 e. The van der Waals surface area contributed by atoms with Gasteiger partial charge >= 0.3 is 0 Å². The van der Waals surface area contributed by atoms with Crippen molar-refractivity contribution in [2.24, 2.45) is 5.73 Å². The van der Waals surface area contributed by atoms with Crippen molar-refractivity contribution in [2.45, 2.75) is 5.16 Å². The van der Waals surface area contributed by atoms with E-state index in [-0.39, 0.29) is 10.7 Å². The number of rotatable bonds is 2. The standard InChI is InChI=1S/C5H5N3O3S/c6-4(9)3-1-7-5(8-2-3)12(10)11/h1-2H,(H2,6,9)(H,10,11). The van der Waals surface area contributed by atoms with Gasteiger partial charge in [-0.15, -0.1) is 0 Å². The molecule has 12 heavy (non-hydrogen) atoms. The van der Waals surface area contributed by atoms with Crippen LogP contribution in [0.3, 0.4) is 0 Å². The Balaban J connectivity index is 3.01. The molecular weight excluding hydrogens is 182 g/mol. The average Bonchev–Trinajstić information content (AvgIpc) is 2.04. The third-order valence-electron chi connectivity index (χ3n) is 1.07. The van der Waals surface area contributed by atoms with Gasteiger partial charge in [0.25, 0.3) is 5.91 Å². The van der Waals surface area contributed by atoms with Crippen LogP contribution in [0.25, 0.3) is 0 Å². The van der Waals surface area contributed by atoms with E-state index < -0.39 is 17.0 Å². The Morgan fingerprint density at radius 1 is 1.50 bits per heavy atom. The van der Waals surface area contributed by atoms with Crippen molar-refractivity contribution in [1.29, 1.82) is 0 Å². The first-order valence-electron chi connectivity index (χ1n) is 2.84. The normalized spacial score (nSPS) is 12.4. The van der Waals surface area contributed by atoms with Gasteiger partial charge in [0, 0.05) is 12.4 Å². The summed E-state index contributed by atoms with van der Waals surface area (Å²) >= 11 is -2.22. The van der Waals surface area contributed by atoms with E-state index in [4.69, 9.17) is 10.3 Å². The van der Waals surface area contributed by atoms with E-state index >= 15 is 0 Å². The largest absolute Gasteiger partial charge is 0.366 e. The summed E-state index contributed by atoms with van der Waals surface area (Å²) in [4.78, 5) is 17.4. The van der Waals surface area contributed by atoms with Crippen LogP contribution in [0.2, 0.25) is 0 Å². The predicted molar refractivity (Wildman–Crippen MR) is 39.6 cm³/mol. The molecule has 1 unspecified atom stereocenters. The van der Waals surface area contributed by atoms with Crippen LogP contribution in [0.5, 0.6) is 0 Å². The molecule has 1 aromatic heterocycles. The van der Waals surface area contributed by atoms with Crippen molar-refractivity contribution in [3.05, 3.63) is 18.0 Å². The Labute approximate surface area is 70.1 Å². The minimum Gasteiger partial charge on any atom is -0.366 e. The number of carbonyl (C=O) groups excluding carboxylic acids is 1. The molecule has 1 rings (SSSR count). The number of primary amides is 1. The van der Waals surface area contributed by atoms with E-state index in [1.807, 2.05) is 0 Å². The predicted octanol–water partition coefficient (Wildman–Crippen LogP) is -0.844. The van der Waals surface area contributed by atoms with Crippen molar-refractivity contribution in [1.82, 2.24) is 9.97 Å². The second kappa shape index (κ2) is 3.37. The number of carbonyl (C=O) groups is 1. The lowest BCUT2D eigenvalue weighted by atomic mass is 10.3. The maximum atomic E-state index is 10.5. The molecule has 0 aliphatic rings. The first-order chi connectivity index (χ1) is 5.61. The molecule has 0 fully saturated rings. The summed E-state index contributed by atoms with van der Waals surface area (Å²) in [5.41, 5.74) is 4.98. The highest BCUT2D eigenvalue weighted by Crippen LogP contribution is 1.97. The summed E-state index contributed by atoms with van der Waals surface area (Å²) in [5, 5.41) is -0.250. The lowest BCUT2D eigenvalue weighted by molar-refractivity contribution is 0.0999. The molecule has 0 radical (unpaired) electrons. The maximum absolute atomic E-state index is 10.5. The van der Waals surface area contributed by atoms with Crippen LogP contribution in [0.1, 0.15) is 10.4 Å². The van der Waals surface area contributed by atoms with Crippen molar-refractivity contribution >= 4 is 17.0 Å². The summed E-state index contributed by atoms with van der Waals surface area (Å²) in [6, 6.07) is 0. The van der Waals surface area contributed by atoms with Crippen LogP contribution >= 0.6 is 0 Å². The maximum Gasteiger partial charge on any atom is 0.251 e. The molecule has 0 saturated carbocycles. The molecule has 0 aliphatic heterocycles. The number of amides is 1. The lowest BCUT2D eigenvalue weighted by Gasteiger charge is -1.94. The minimum atomic E-state index is -2.22. The van der Waals surface area contributed by atoms with E-state index in [0.717, 1.165) is 12.4 Å². The zero-order valence-corrected chi connectivity index (χ0v) is 6.61. The first-order valence-corrected chi connectivity index (χ1v) is 3.94. The van der Waals surface area contributed by atoms with Crippen LogP contribution in [-0.4, -0.2) is 24.6 Å². The van der Waals surface area contributed by atoms with Crippen molar-refractivity contribution in [3.63, 3.8) is 0 Å². The Kier molecular flexibility index (Phi) is 2.46. The molecule has 7 heteroatoms. The Morgan fingerprint density at radius 2 is 2.00 bits per heavy atom. The van der Waals surface area contributed by atoms with Crippen LogP contribution in [0.15, 0.2) is 17.6 Å². The third-order valence-corrected chi connectivity index (χ3v) is 1.59. The molecule has 0 bridgehead atoms. The molecule has 1 heterocycles. The van der Waals surface area contributed by atoms with Crippen LogP contribution < -0.4 is 5.73 Å². The highest BCUT2D eigenvalue weighted by molar-refractivity contribution is 7.79. The van der Waals surface area contributed by atoms with Gasteiger partial charge < -0.3 is 5.73 Å². The fraction of sp³-hybridized carbons (Fsp3) is 0. The summed E-state index contributed by atoms with van der Waals surface area (Å²) in [6.45, 7) is 0. The van der Waals surface area contributed by atoms with E-state index in [1.165, 1.54) is 0 Å². The van der Waals surface area contributed by atoms with Gasteiger partial charge in [-0.05, 0) is 0 Å². The topological polar surface area (TPSA) is 106 Å². The van der Waals surface area contributed by atoms with Crippen LogP contribution in [0.4, 0.5) is 0 Å². The number of hydrogen-bond donors (Lipinski definition) is 2.